The summed E-state index contributed by atoms with van der Waals surface area (Å²) in [5.41, 5.74) is 0.574. The molecule has 2 amide bonds. The zero-order valence-electron chi connectivity index (χ0n) is 19.4. The molecule has 0 bridgehead atoms. The van der Waals surface area contributed by atoms with Gasteiger partial charge in [-0.3, -0.25) is 14.3 Å². The van der Waals surface area contributed by atoms with Crippen LogP contribution in [0.2, 0.25) is 0 Å². The first-order chi connectivity index (χ1) is 15.1. The van der Waals surface area contributed by atoms with Crippen molar-refractivity contribution in [2.45, 2.75) is 89.9 Å². The van der Waals surface area contributed by atoms with Crippen LogP contribution >= 0.6 is 0 Å². The highest BCUT2D eigenvalue weighted by Crippen LogP contribution is 2.32. The number of rotatable bonds is 4. The highest BCUT2D eigenvalue weighted by Gasteiger charge is 2.48. The highest BCUT2D eigenvalue weighted by atomic mass is 19.1. The van der Waals surface area contributed by atoms with Crippen LogP contribution in [0, 0.1) is 5.82 Å². The molecule has 2 aromatic rings. The second-order valence-electron chi connectivity index (χ2n) is 10.4. The van der Waals surface area contributed by atoms with Gasteiger partial charge in [-0.2, -0.15) is 5.10 Å². The van der Waals surface area contributed by atoms with Crippen molar-refractivity contribution in [3.63, 3.8) is 0 Å². The van der Waals surface area contributed by atoms with E-state index in [9.17, 15) is 14.0 Å². The van der Waals surface area contributed by atoms with Crippen molar-refractivity contribution in [1.82, 2.24) is 20.0 Å². The Kier molecular flexibility index (Phi) is 5.86. The Labute approximate surface area is 189 Å². The minimum Gasteiger partial charge on any atom is -0.351 e. The summed E-state index contributed by atoms with van der Waals surface area (Å²) in [5, 5.41) is 7.88. The smallest absolute Gasteiger partial charge is 0.273 e. The summed E-state index contributed by atoms with van der Waals surface area (Å²) in [6.45, 7) is 8.35. The predicted octanol–water partition coefficient (Wildman–Crippen LogP) is 4.18. The molecule has 2 heterocycles. The monoisotopic (exact) mass is 440 g/mol. The Morgan fingerprint density at radius 2 is 1.94 bits per heavy atom. The Morgan fingerprint density at radius 3 is 2.59 bits per heavy atom. The summed E-state index contributed by atoms with van der Waals surface area (Å²) in [6, 6.07) is 8.14. The fraction of sp³-hybridized carbons (Fsp3) is 0.560. The van der Waals surface area contributed by atoms with E-state index >= 15 is 0 Å². The van der Waals surface area contributed by atoms with Gasteiger partial charge in [-0.15, -0.1) is 0 Å². The Hall–Kier alpha value is -2.70. The molecule has 1 atom stereocenters. The molecule has 1 aromatic heterocycles. The second-order valence-corrected chi connectivity index (χ2v) is 10.4. The van der Waals surface area contributed by atoms with Crippen LogP contribution in [0.15, 0.2) is 30.3 Å². The molecule has 0 spiro atoms. The van der Waals surface area contributed by atoms with Crippen LogP contribution in [-0.2, 0) is 23.3 Å². The molecule has 1 saturated carbocycles. The third-order valence-corrected chi connectivity index (χ3v) is 6.73. The lowest BCUT2D eigenvalue weighted by molar-refractivity contribution is -0.134. The third-order valence-electron chi connectivity index (χ3n) is 6.73. The molecule has 1 fully saturated rings. The van der Waals surface area contributed by atoms with Crippen LogP contribution in [0.25, 0.3) is 0 Å². The van der Waals surface area contributed by atoms with Gasteiger partial charge in [-0.05, 0) is 43.5 Å². The number of carbonyl (C=O) groups excluding carboxylic acids is 2. The first-order valence-electron chi connectivity index (χ1n) is 11.5. The lowest BCUT2D eigenvalue weighted by Gasteiger charge is -2.44. The van der Waals surface area contributed by atoms with E-state index in [4.69, 9.17) is 0 Å². The number of fused-ring (bicyclic) bond motifs is 1. The average molecular weight is 441 g/mol. The second kappa shape index (κ2) is 8.34. The molecule has 172 valence electrons. The van der Waals surface area contributed by atoms with E-state index in [1.807, 2.05) is 26.8 Å². The van der Waals surface area contributed by atoms with E-state index in [1.165, 1.54) is 18.6 Å². The van der Waals surface area contributed by atoms with Crippen LogP contribution in [0.5, 0.6) is 0 Å². The van der Waals surface area contributed by atoms with Gasteiger partial charge < -0.3 is 10.2 Å². The largest absolute Gasteiger partial charge is 0.351 e. The van der Waals surface area contributed by atoms with Crippen molar-refractivity contribution in [2.75, 3.05) is 0 Å². The van der Waals surface area contributed by atoms with E-state index in [0.717, 1.165) is 31.4 Å². The fourth-order valence-electron chi connectivity index (χ4n) is 4.66. The van der Waals surface area contributed by atoms with Crippen molar-refractivity contribution in [3.8, 4) is 0 Å². The minimum absolute atomic E-state index is 0.128. The predicted molar refractivity (Wildman–Crippen MR) is 121 cm³/mol. The fourth-order valence-corrected chi connectivity index (χ4v) is 4.66. The van der Waals surface area contributed by atoms with E-state index in [2.05, 4.69) is 10.4 Å². The Bertz CT molecular complexity index is 1020. The topological polar surface area (TPSA) is 67.2 Å². The third kappa shape index (κ3) is 4.30. The summed E-state index contributed by atoms with van der Waals surface area (Å²) in [5.74, 6) is -0.794. The number of halogens is 1. The number of nitrogens with zero attached hydrogens (tertiary/aromatic N) is 3. The van der Waals surface area contributed by atoms with Crippen molar-refractivity contribution in [2.24, 2.45) is 0 Å². The van der Waals surface area contributed by atoms with Crippen LogP contribution in [0.3, 0.4) is 0 Å². The maximum absolute atomic E-state index is 13.9. The summed E-state index contributed by atoms with van der Waals surface area (Å²) in [7, 11) is 0. The molecule has 1 aromatic carbocycles. The molecule has 2 aliphatic rings. The van der Waals surface area contributed by atoms with Gasteiger partial charge in [0.05, 0.1) is 12.2 Å². The van der Waals surface area contributed by atoms with Crippen LogP contribution in [0.1, 0.15) is 81.5 Å². The summed E-state index contributed by atoms with van der Waals surface area (Å²) < 4.78 is 15.5. The van der Waals surface area contributed by atoms with Gasteiger partial charge >= 0.3 is 0 Å². The Morgan fingerprint density at radius 1 is 1.22 bits per heavy atom. The first-order valence-corrected chi connectivity index (χ1v) is 11.5. The Balaban J connectivity index is 1.71. The molecular formula is C25H33FN4O2. The zero-order valence-corrected chi connectivity index (χ0v) is 19.4. The van der Waals surface area contributed by atoms with Gasteiger partial charge in [-0.1, -0.05) is 52.2 Å². The standard InChI is InChI=1S/C25H33FN4O2/c1-24(2,3)21-14-20-22(31)29(15-17-9-8-10-18(26)13-17)25(4,16-30(20)28-21)23(32)27-19-11-6-5-7-12-19/h8-10,13-14,19H,5-7,11-12,15-16H2,1-4H3,(H,27,32). The lowest BCUT2D eigenvalue weighted by Crippen LogP contribution is -2.64. The summed E-state index contributed by atoms with van der Waals surface area (Å²) in [6.07, 6.45) is 5.32. The van der Waals surface area contributed by atoms with Crippen LogP contribution < -0.4 is 5.32 Å². The van der Waals surface area contributed by atoms with E-state index in [-0.39, 0.29) is 42.2 Å². The van der Waals surface area contributed by atoms with Gasteiger partial charge in [0.15, 0.2) is 0 Å². The molecule has 7 heteroatoms. The molecule has 1 unspecified atom stereocenters. The van der Waals surface area contributed by atoms with Gasteiger partial charge in [0.2, 0.25) is 5.91 Å². The highest BCUT2D eigenvalue weighted by molar-refractivity contribution is 5.99. The van der Waals surface area contributed by atoms with Gasteiger partial charge in [0.1, 0.15) is 17.1 Å². The van der Waals surface area contributed by atoms with E-state index in [0.29, 0.717) is 11.3 Å². The van der Waals surface area contributed by atoms with Gasteiger partial charge in [0, 0.05) is 18.0 Å². The summed E-state index contributed by atoms with van der Waals surface area (Å²) >= 11 is 0. The summed E-state index contributed by atoms with van der Waals surface area (Å²) in [4.78, 5) is 28.8. The number of benzene rings is 1. The van der Waals surface area contributed by atoms with E-state index < -0.39 is 5.54 Å². The molecule has 32 heavy (non-hydrogen) atoms. The van der Waals surface area contributed by atoms with Crippen molar-refractivity contribution < 1.29 is 14.0 Å². The molecular weight excluding hydrogens is 407 g/mol. The molecule has 6 nitrogen and oxygen atoms in total. The molecule has 0 saturated heterocycles. The first kappa shape index (κ1) is 22.5. The molecule has 4 rings (SSSR count). The number of hydrogen-bond donors (Lipinski definition) is 1. The maximum Gasteiger partial charge on any atom is 0.273 e. The quantitative estimate of drug-likeness (QED) is 0.776. The van der Waals surface area contributed by atoms with Crippen LogP contribution in [-0.4, -0.2) is 38.1 Å². The number of amides is 2. The number of carbonyl (C=O) groups is 2. The molecule has 1 aliphatic carbocycles. The van der Waals surface area contributed by atoms with Gasteiger partial charge in [0.25, 0.3) is 5.91 Å². The lowest BCUT2D eigenvalue weighted by atomic mass is 9.90. The number of aromatic nitrogens is 2. The molecule has 0 radical (unpaired) electrons. The maximum atomic E-state index is 13.9. The molecule has 1 N–H and O–H groups in total. The van der Waals surface area contributed by atoms with E-state index in [1.54, 1.807) is 28.6 Å². The molecule has 1 aliphatic heterocycles. The normalized spacial score (nSPS) is 22.0. The zero-order chi connectivity index (χ0) is 23.1. The number of nitrogens with one attached hydrogen (secondary N) is 1. The number of hydrogen-bond acceptors (Lipinski definition) is 3. The average Bonchev–Trinajstić information content (AvgIpc) is 3.16. The van der Waals surface area contributed by atoms with Crippen LogP contribution in [0.4, 0.5) is 4.39 Å². The minimum atomic E-state index is -1.13. The van der Waals surface area contributed by atoms with Gasteiger partial charge in [-0.25, -0.2) is 4.39 Å². The van der Waals surface area contributed by atoms with Crippen molar-refractivity contribution >= 4 is 11.8 Å². The SMILES string of the molecule is CC(C)(C)c1cc2n(n1)CC(C)(C(=O)NC1CCCCC1)N(Cc1cccc(F)c1)C2=O. The van der Waals surface area contributed by atoms with Crippen molar-refractivity contribution in [3.05, 3.63) is 53.1 Å². The van der Waals surface area contributed by atoms with Crippen molar-refractivity contribution in [1.29, 1.82) is 0 Å².